The molecule has 0 aliphatic rings. The van der Waals surface area contributed by atoms with E-state index in [0.29, 0.717) is 12.2 Å². The summed E-state index contributed by atoms with van der Waals surface area (Å²) in [5.74, 6) is -1.62. The molecule has 0 unspecified atom stereocenters. The highest BCUT2D eigenvalue weighted by Crippen LogP contribution is 2.14. The van der Waals surface area contributed by atoms with Gasteiger partial charge in [0, 0.05) is 12.7 Å². The highest BCUT2D eigenvalue weighted by molar-refractivity contribution is 6.01. The number of aromatic nitrogens is 4. The fourth-order valence-corrected chi connectivity index (χ4v) is 1.92. The second-order valence-corrected chi connectivity index (χ2v) is 4.72. The van der Waals surface area contributed by atoms with Gasteiger partial charge in [-0.2, -0.15) is 9.78 Å². The van der Waals surface area contributed by atoms with Crippen molar-refractivity contribution in [2.45, 2.75) is 26.9 Å². The lowest BCUT2D eigenvalue weighted by Gasteiger charge is -2.03. The van der Waals surface area contributed by atoms with E-state index >= 15 is 0 Å². The minimum atomic E-state index is -0.765. The molecule has 0 spiro atoms. The number of nitrogens with two attached hydrogens (primary N) is 1. The van der Waals surface area contributed by atoms with Crippen LogP contribution in [0.25, 0.3) is 0 Å². The van der Waals surface area contributed by atoms with Crippen molar-refractivity contribution in [1.29, 1.82) is 0 Å². The molecule has 2 amide bonds. The van der Waals surface area contributed by atoms with Gasteiger partial charge in [0.05, 0.1) is 22.5 Å². The molecule has 0 fully saturated rings. The molecule has 2 heterocycles. The number of carbonyl (C=O) groups is 2. The van der Waals surface area contributed by atoms with Crippen molar-refractivity contribution in [2.75, 3.05) is 5.32 Å². The van der Waals surface area contributed by atoms with Crippen LogP contribution in [0.15, 0.2) is 12.3 Å². The molecule has 0 aromatic carbocycles. The predicted octanol–water partition coefficient (Wildman–Crippen LogP) is 0.0537. The maximum Gasteiger partial charge on any atom is 0.390 e. The van der Waals surface area contributed by atoms with E-state index in [4.69, 9.17) is 5.73 Å². The predicted molar refractivity (Wildman–Crippen MR) is 78.7 cm³/mol. The number of rotatable bonds is 6. The second kappa shape index (κ2) is 6.25. The molecule has 0 aliphatic carbocycles. The Labute approximate surface area is 130 Å². The first kappa shape index (κ1) is 16.1. The van der Waals surface area contributed by atoms with Crippen LogP contribution < -0.4 is 11.1 Å². The zero-order valence-electron chi connectivity index (χ0n) is 12.5. The Morgan fingerprint density at radius 1 is 1.43 bits per heavy atom. The summed E-state index contributed by atoms with van der Waals surface area (Å²) in [6, 6.07) is 1.26. The molecule has 0 bridgehead atoms. The molecule has 0 aliphatic heterocycles. The summed E-state index contributed by atoms with van der Waals surface area (Å²) in [5, 5.41) is 20.8. The molecular weight excluding hydrogens is 306 g/mol. The summed E-state index contributed by atoms with van der Waals surface area (Å²) in [5.41, 5.74) is 5.81. The lowest BCUT2D eigenvalue weighted by Crippen LogP contribution is -2.22. The molecule has 2 aromatic rings. The molecule has 2 rings (SSSR count). The number of hydrogen-bond acceptors (Lipinski definition) is 6. The molecule has 11 nitrogen and oxygen atoms in total. The van der Waals surface area contributed by atoms with Gasteiger partial charge in [-0.15, -0.1) is 0 Å². The summed E-state index contributed by atoms with van der Waals surface area (Å²) < 4.78 is 2.65. The fourth-order valence-electron chi connectivity index (χ4n) is 1.92. The summed E-state index contributed by atoms with van der Waals surface area (Å²) in [7, 11) is 0. The van der Waals surface area contributed by atoms with Crippen LogP contribution >= 0.6 is 0 Å². The Balaban J connectivity index is 2.15. The number of carbonyl (C=O) groups excluding carboxylic acids is 2. The van der Waals surface area contributed by atoms with E-state index in [2.05, 4.69) is 15.5 Å². The van der Waals surface area contributed by atoms with E-state index in [1.165, 1.54) is 21.6 Å². The summed E-state index contributed by atoms with van der Waals surface area (Å²) in [4.78, 5) is 33.4. The first-order valence-corrected chi connectivity index (χ1v) is 6.67. The molecule has 3 N–H and O–H groups in total. The molecule has 0 saturated heterocycles. The lowest BCUT2D eigenvalue weighted by atomic mass is 10.3. The topological polar surface area (TPSA) is 151 Å². The van der Waals surface area contributed by atoms with Crippen molar-refractivity contribution in [2.24, 2.45) is 5.73 Å². The van der Waals surface area contributed by atoms with Gasteiger partial charge in [-0.1, -0.05) is 0 Å². The summed E-state index contributed by atoms with van der Waals surface area (Å²) in [6.45, 7) is 3.67. The van der Waals surface area contributed by atoms with E-state index in [1.54, 1.807) is 6.92 Å². The summed E-state index contributed by atoms with van der Waals surface area (Å²) in [6.07, 6.45) is 1.48. The number of aryl methyl sites for hydroxylation is 2. The monoisotopic (exact) mass is 321 g/mol. The number of amides is 2. The number of nitrogens with zero attached hydrogens (tertiary/aromatic N) is 5. The Hall–Kier alpha value is -3.24. The van der Waals surface area contributed by atoms with E-state index in [1.807, 2.05) is 6.92 Å². The number of nitrogens with one attached hydrogen (secondary N) is 1. The van der Waals surface area contributed by atoms with Crippen molar-refractivity contribution in [3.8, 4) is 0 Å². The fraction of sp³-hybridized carbons (Fsp3) is 0.333. The Morgan fingerprint density at radius 3 is 2.65 bits per heavy atom. The molecular formula is C12H15N7O4. The second-order valence-electron chi connectivity index (χ2n) is 4.72. The zero-order valence-corrected chi connectivity index (χ0v) is 12.5. The minimum absolute atomic E-state index is 0.0524. The minimum Gasteiger partial charge on any atom is -0.364 e. The van der Waals surface area contributed by atoms with Gasteiger partial charge in [0.1, 0.15) is 6.54 Å². The average molecular weight is 321 g/mol. The molecule has 11 heteroatoms. The van der Waals surface area contributed by atoms with Crippen LogP contribution in [-0.2, 0) is 17.9 Å². The molecule has 23 heavy (non-hydrogen) atoms. The van der Waals surface area contributed by atoms with Crippen LogP contribution in [0.3, 0.4) is 0 Å². The van der Waals surface area contributed by atoms with Gasteiger partial charge in [0.15, 0.2) is 5.69 Å². The molecule has 0 saturated carbocycles. The number of primary amides is 1. The normalized spacial score (nSPS) is 10.5. The van der Waals surface area contributed by atoms with Crippen molar-refractivity contribution in [3.63, 3.8) is 0 Å². The quantitative estimate of drug-likeness (QED) is 0.566. The van der Waals surface area contributed by atoms with Crippen LogP contribution in [0.1, 0.15) is 23.1 Å². The Kier molecular flexibility index (Phi) is 4.39. The molecule has 0 atom stereocenters. The number of anilines is 1. The van der Waals surface area contributed by atoms with E-state index in [0.717, 1.165) is 0 Å². The standard InChI is InChI=1S/C12H15N7O4/c1-3-17-5-8(11(16-17)12(13)21)14-10(20)6-18-7(2)4-9(15-18)19(22)23/h4-5H,3,6H2,1-2H3,(H2,13,21)(H,14,20). The van der Waals surface area contributed by atoms with Gasteiger partial charge in [-0.05, 0) is 18.8 Å². The van der Waals surface area contributed by atoms with Crippen LogP contribution in [0, 0.1) is 17.0 Å². The third-order valence-corrected chi connectivity index (χ3v) is 3.04. The summed E-state index contributed by atoms with van der Waals surface area (Å²) >= 11 is 0. The van der Waals surface area contributed by atoms with Crippen molar-refractivity contribution < 1.29 is 14.5 Å². The highest BCUT2D eigenvalue weighted by Gasteiger charge is 2.20. The van der Waals surface area contributed by atoms with Gasteiger partial charge in [-0.3, -0.25) is 14.3 Å². The maximum absolute atomic E-state index is 12.1. The zero-order chi connectivity index (χ0) is 17.1. The largest absolute Gasteiger partial charge is 0.390 e. The van der Waals surface area contributed by atoms with Crippen molar-refractivity contribution in [1.82, 2.24) is 19.6 Å². The third-order valence-electron chi connectivity index (χ3n) is 3.04. The van der Waals surface area contributed by atoms with Gasteiger partial charge in [-0.25, -0.2) is 0 Å². The van der Waals surface area contributed by atoms with Crippen molar-refractivity contribution in [3.05, 3.63) is 33.8 Å². The number of hydrogen-bond donors (Lipinski definition) is 2. The van der Waals surface area contributed by atoms with Crippen LogP contribution in [0.5, 0.6) is 0 Å². The van der Waals surface area contributed by atoms with E-state index in [9.17, 15) is 19.7 Å². The highest BCUT2D eigenvalue weighted by atomic mass is 16.6. The van der Waals surface area contributed by atoms with Crippen LogP contribution in [-0.4, -0.2) is 36.3 Å². The Morgan fingerprint density at radius 2 is 2.13 bits per heavy atom. The van der Waals surface area contributed by atoms with Gasteiger partial charge in [0.25, 0.3) is 5.91 Å². The molecule has 2 aromatic heterocycles. The molecule has 122 valence electrons. The average Bonchev–Trinajstić information content (AvgIpc) is 3.03. The van der Waals surface area contributed by atoms with E-state index in [-0.39, 0.29) is 23.7 Å². The van der Waals surface area contributed by atoms with Gasteiger partial charge >= 0.3 is 5.82 Å². The SMILES string of the molecule is CCn1cc(NC(=O)Cn2nc([N+](=O)[O-])cc2C)c(C(N)=O)n1. The third kappa shape index (κ3) is 3.51. The van der Waals surface area contributed by atoms with Crippen LogP contribution in [0.2, 0.25) is 0 Å². The smallest absolute Gasteiger partial charge is 0.364 e. The first-order valence-electron chi connectivity index (χ1n) is 6.67. The van der Waals surface area contributed by atoms with Gasteiger partial charge in [0.2, 0.25) is 5.91 Å². The lowest BCUT2D eigenvalue weighted by molar-refractivity contribution is -0.389. The maximum atomic E-state index is 12.1. The van der Waals surface area contributed by atoms with Gasteiger partial charge < -0.3 is 21.2 Å². The number of nitro groups is 1. The van der Waals surface area contributed by atoms with E-state index < -0.39 is 16.7 Å². The molecule has 0 radical (unpaired) electrons. The van der Waals surface area contributed by atoms with Crippen LogP contribution in [0.4, 0.5) is 11.5 Å². The Bertz CT molecular complexity index is 776. The van der Waals surface area contributed by atoms with Crippen molar-refractivity contribution >= 4 is 23.3 Å². The first-order chi connectivity index (χ1) is 10.8.